The van der Waals surface area contributed by atoms with E-state index in [4.69, 9.17) is 14.3 Å². The Kier molecular flexibility index (Phi) is 5.38. The fraction of sp³-hybridized carbons (Fsp3) is 0.217. The van der Waals surface area contributed by atoms with Crippen molar-refractivity contribution in [1.29, 1.82) is 0 Å². The molecule has 5 rings (SSSR count). The molecule has 9 heteroatoms. The van der Waals surface area contributed by atoms with E-state index in [9.17, 15) is 8.42 Å². The molecular weight excluding hydrogens is 428 g/mol. The van der Waals surface area contributed by atoms with Crippen LogP contribution in [0.25, 0.3) is 33.6 Å². The first-order valence-corrected chi connectivity index (χ1v) is 11.9. The van der Waals surface area contributed by atoms with Crippen molar-refractivity contribution in [2.24, 2.45) is 5.14 Å². The largest absolute Gasteiger partial charge is 0.437 e. The maximum Gasteiger partial charge on any atom is 0.238 e. The van der Waals surface area contributed by atoms with Gasteiger partial charge in [-0.2, -0.15) is 0 Å². The van der Waals surface area contributed by atoms with E-state index in [1.54, 1.807) is 18.2 Å². The number of nitrogens with zero attached hydrogens (tertiary/aromatic N) is 2. The van der Waals surface area contributed by atoms with Gasteiger partial charge in [-0.15, -0.1) is 0 Å². The summed E-state index contributed by atoms with van der Waals surface area (Å²) in [6.45, 7) is 1.37. The highest BCUT2D eigenvalue weighted by molar-refractivity contribution is 7.89. The lowest BCUT2D eigenvalue weighted by atomic mass is 9.99. The number of ether oxygens (including phenoxy) is 1. The van der Waals surface area contributed by atoms with Gasteiger partial charge in [-0.1, -0.05) is 42.5 Å². The quantitative estimate of drug-likeness (QED) is 0.458. The molecule has 0 spiro atoms. The zero-order valence-electron chi connectivity index (χ0n) is 17.2. The van der Waals surface area contributed by atoms with E-state index < -0.39 is 10.0 Å². The van der Waals surface area contributed by atoms with Crippen LogP contribution in [-0.2, 0) is 14.8 Å². The molecule has 1 atom stereocenters. The number of aromatic nitrogens is 2. The molecule has 1 saturated heterocycles. The lowest BCUT2D eigenvalue weighted by molar-refractivity contribution is 0.120. The predicted molar refractivity (Wildman–Crippen MR) is 122 cm³/mol. The number of sulfonamides is 1. The molecule has 8 nitrogen and oxygen atoms in total. The van der Waals surface area contributed by atoms with Gasteiger partial charge in [0.2, 0.25) is 15.7 Å². The van der Waals surface area contributed by atoms with Crippen LogP contribution in [-0.4, -0.2) is 37.6 Å². The monoisotopic (exact) mass is 450 g/mol. The predicted octanol–water partition coefficient (Wildman–Crippen LogP) is 3.80. The average Bonchev–Trinajstić information content (AvgIpc) is 3.46. The van der Waals surface area contributed by atoms with E-state index in [0.29, 0.717) is 40.3 Å². The van der Waals surface area contributed by atoms with Crippen LogP contribution in [0.3, 0.4) is 0 Å². The molecular formula is C23H22N4O4S. The van der Waals surface area contributed by atoms with Gasteiger partial charge in [0.05, 0.1) is 16.4 Å². The summed E-state index contributed by atoms with van der Waals surface area (Å²) in [5, 5.41) is 9.55. The van der Waals surface area contributed by atoms with Crippen molar-refractivity contribution in [3.63, 3.8) is 0 Å². The number of rotatable bonds is 6. The maximum atomic E-state index is 12.3. The molecule has 1 fully saturated rings. The first kappa shape index (κ1) is 20.6. The molecule has 32 heavy (non-hydrogen) atoms. The Morgan fingerprint density at radius 3 is 2.59 bits per heavy atom. The van der Waals surface area contributed by atoms with E-state index in [2.05, 4.69) is 15.3 Å². The Morgan fingerprint density at radius 2 is 1.84 bits per heavy atom. The van der Waals surface area contributed by atoms with Crippen LogP contribution in [0.2, 0.25) is 0 Å². The van der Waals surface area contributed by atoms with E-state index in [-0.39, 0.29) is 11.0 Å². The first-order valence-electron chi connectivity index (χ1n) is 10.3. The van der Waals surface area contributed by atoms with E-state index in [1.165, 1.54) is 12.4 Å². The zero-order chi connectivity index (χ0) is 22.1. The minimum Gasteiger partial charge on any atom is -0.437 e. The number of nitrogens with one attached hydrogen (secondary N) is 1. The van der Waals surface area contributed by atoms with Gasteiger partial charge in [-0.05, 0) is 30.5 Å². The SMILES string of the molecule is NS(=O)(=O)c1ccccc1-c1oc2ncnc(NCC3CCCO3)c2c1-c1ccccc1. The summed E-state index contributed by atoms with van der Waals surface area (Å²) >= 11 is 0. The van der Waals surface area contributed by atoms with Crippen molar-refractivity contribution < 1.29 is 17.6 Å². The topological polar surface area (TPSA) is 120 Å². The summed E-state index contributed by atoms with van der Waals surface area (Å²) in [5.74, 6) is 0.976. The number of benzene rings is 2. The van der Waals surface area contributed by atoms with Gasteiger partial charge in [-0.25, -0.2) is 23.5 Å². The van der Waals surface area contributed by atoms with Crippen molar-refractivity contribution >= 4 is 26.9 Å². The number of furan rings is 1. The van der Waals surface area contributed by atoms with Gasteiger partial charge in [0, 0.05) is 24.3 Å². The van der Waals surface area contributed by atoms with Crippen LogP contribution < -0.4 is 10.5 Å². The highest BCUT2D eigenvalue weighted by Crippen LogP contribution is 2.44. The molecule has 0 aliphatic carbocycles. The molecule has 1 aliphatic heterocycles. The molecule has 2 aromatic carbocycles. The fourth-order valence-electron chi connectivity index (χ4n) is 4.06. The number of hydrogen-bond donors (Lipinski definition) is 2. The van der Waals surface area contributed by atoms with E-state index in [1.807, 2.05) is 30.3 Å². The minimum absolute atomic E-state index is 0.0157. The second kappa shape index (κ2) is 8.34. The third kappa shape index (κ3) is 3.86. The minimum atomic E-state index is -3.98. The van der Waals surface area contributed by atoms with Crippen molar-refractivity contribution in [3.8, 4) is 22.5 Å². The van der Waals surface area contributed by atoms with Crippen LogP contribution in [0.15, 0.2) is 70.2 Å². The molecule has 4 aromatic rings. The van der Waals surface area contributed by atoms with Crippen molar-refractivity contribution in [2.75, 3.05) is 18.5 Å². The lowest BCUT2D eigenvalue weighted by Crippen LogP contribution is -2.19. The molecule has 164 valence electrons. The maximum absolute atomic E-state index is 12.3. The normalized spacial score (nSPS) is 16.5. The van der Waals surface area contributed by atoms with Crippen LogP contribution in [0.5, 0.6) is 0 Å². The molecule has 1 aliphatic rings. The molecule has 3 N–H and O–H groups in total. The summed E-state index contributed by atoms with van der Waals surface area (Å²) in [4.78, 5) is 8.75. The highest BCUT2D eigenvalue weighted by atomic mass is 32.2. The van der Waals surface area contributed by atoms with Gasteiger partial charge < -0.3 is 14.5 Å². The Labute approximate surface area is 185 Å². The third-order valence-electron chi connectivity index (χ3n) is 5.51. The molecule has 0 radical (unpaired) electrons. The number of hydrogen-bond acceptors (Lipinski definition) is 7. The van der Waals surface area contributed by atoms with Crippen LogP contribution >= 0.6 is 0 Å². The second-order valence-electron chi connectivity index (χ2n) is 7.63. The Hall–Kier alpha value is -3.27. The summed E-state index contributed by atoms with van der Waals surface area (Å²) in [6, 6.07) is 16.1. The first-order chi connectivity index (χ1) is 15.5. The van der Waals surface area contributed by atoms with Gasteiger partial charge in [-0.3, -0.25) is 0 Å². The third-order valence-corrected chi connectivity index (χ3v) is 6.48. The summed E-state index contributed by atoms with van der Waals surface area (Å²) in [7, 11) is -3.98. The average molecular weight is 451 g/mol. The summed E-state index contributed by atoms with van der Waals surface area (Å²) in [5.41, 5.74) is 2.28. The van der Waals surface area contributed by atoms with Gasteiger partial charge in [0.1, 0.15) is 17.9 Å². The molecule has 0 bridgehead atoms. The summed E-state index contributed by atoms with van der Waals surface area (Å²) < 4.78 is 36.4. The van der Waals surface area contributed by atoms with Gasteiger partial charge in [0.25, 0.3) is 0 Å². The fourth-order valence-corrected chi connectivity index (χ4v) is 4.79. The van der Waals surface area contributed by atoms with Crippen molar-refractivity contribution in [3.05, 3.63) is 60.9 Å². The standard InChI is InChI=1S/C23H22N4O4S/c24-32(28,29)18-11-5-4-10-17(18)21-19(15-7-2-1-3-8-15)20-22(26-14-27-23(20)31-21)25-13-16-9-6-12-30-16/h1-5,7-8,10-11,14,16H,6,9,12-13H2,(H2,24,28,29)(H,25,26,27). The molecule has 3 heterocycles. The van der Waals surface area contributed by atoms with E-state index >= 15 is 0 Å². The van der Waals surface area contributed by atoms with E-state index in [0.717, 1.165) is 25.0 Å². The summed E-state index contributed by atoms with van der Waals surface area (Å²) in [6.07, 6.45) is 3.58. The van der Waals surface area contributed by atoms with Crippen molar-refractivity contribution in [1.82, 2.24) is 9.97 Å². The lowest BCUT2D eigenvalue weighted by Gasteiger charge is -2.12. The number of anilines is 1. The molecule has 2 aromatic heterocycles. The number of nitrogens with two attached hydrogens (primary N) is 1. The van der Waals surface area contributed by atoms with Crippen LogP contribution in [0.1, 0.15) is 12.8 Å². The number of primary sulfonamides is 1. The van der Waals surface area contributed by atoms with Crippen molar-refractivity contribution in [2.45, 2.75) is 23.8 Å². The van der Waals surface area contributed by atoms with Gasteiger partial charge >= 0.3 is 0 Å². The molecule has 0 amide bonds. The Balaban J connectivity index is 1.74. The van der Waals surface area contributed by atoms with Gasteiger partial charge in [0.15, 0.2) is 0 Å². The number of fused-ring (bicyclic) bond motifs is 1. The highest BCUT2D eigenvalue weighted by Gasteiger charge is 2.26. The second-order valence-corrected chi connectivity index (χ2v) is 9.16. The molecule has 1 unspecified atom stereocenters. The Morgan fingerprint density at radius 1 is 1.06 bits per heavy atom. The van der Waals surface area contributed by atoms with Crippen LogP contribution in [0, 0.1) is 0 Å². The van der Waals surface area contributed by atoms with Crippen LogP contribution in [0.4, 0.5) is 5.82 Å². The molecule has 0 saturated carbocycles. The Bertz CT molecular complexity index is 1360. The smallest absolute Gasteiger partial charge is 0.238 e. The zero-order valence-corrected chi connectivity index (χ0v) is 18.0.